The van der Waals surface area contributed by atoms with Crippen LogP contribution in [0.5, 0.6) is 0 Å². The molecule has 0 spiro atoms. The fourth-order valence-electron chi connectivity index (χ4n) is 0.705. The van der Waals surface area contributed by atoms with Crippen LogP contribution in [-0.2, 0) is 6.54 Å². The van der Waals surface area contributed by atoms with Crippen LogP contribution in [0.4, 0.5) is 0 Å². The molecule has 0 atom stereocenters. The number of hydrogen-bond donors (Lipinski definition) is 1. The second-order valence-electron chi connectivity index (χ2n) is 1.89. The summed E-state index contributed by atoms with van der Waals surface area (Å²) in [4.78, 5) is 3.90. The van der Waals surface area contributed by atoms with E-state index in [0.29, 0.717) is 0 Å². The van der Waals surface area contributed by atoms with Crippen LogP contribution in [0.25, 0.3) is 0 Å². The molecular weight excluding hydrogens is 183 g/mol. The number of halogens is 2. The van der Waals surface area contributed by atoms with E-state index in [-0.39, 0.29) is 24.8 Å². The quantitative estimate of drug-likeness (QED) is 0.775. The molecule has 0 aliphatic heterocycles. The molecule has 0 bridgehead atoms. The normalized spacial score (nSPS) is 7.73. The first-order valence-electron chi connectivity index (χ1n) is 2.97. The maximum absolute atomic E-state index is 3.90. The lowest BCUT2D eigenvalue weighted by molar-refractivity contribution is 0.816. The van der Waals surface area contributed by atoms with Crippen LogP contribution in [0.3, 0.4) is 0 Å². The lowest BCUT2D eigenvalue weighted by Crippen LogP contribution is -2.04. The lowest BCUT2D eigenvalue weighted by Gasteiger charge is -1.95. The number of nitrogens with one attached hydrogen (secondary N) is 1. The molecule has 11 heavy (non-hydrogen) atoms. The summed E-state index contributed by atoms with van der Waals surface area (Å²) in [7, 11) is 1.93. The van der Waals surface area contributed by atoms with Gasteiger partial charge < -0.3 is 5.32 Å². The highest BCUT2D eigenvalue weighted by Crippen LogP contribution is 1.92. The van der Waals surface area contributed by atoms with Gasteiger partial charge in [-0.3, -0.25) is 4.98 Å². The molecule has 4 heteroatoms. The van der Waals surface area contributed by atoms with E-state index in [0.717, 1.165) is 6.54 Å². The van der Waals surface area contributed by atoms with E-state index in [1.165, 1.54) is 5.56 Å². The summed E-state index contributed by atoms with van der Waals surface area (Å²) in [6, 6.07) is 3.99. The van der Waals surface area contributed by atoms with Gasteiger partial charge >= 0.3 is 0 Å². The lowest BCUT2D eigenvalue weighted by atomic mass is 10.3. The number of aromatic nitrogens is 1. The van der Waals surface area contributed by atoms with E-state index in [4.69, 9.17) is 0 Å². The van der Waals surface area contributed by atoms with Gasteiger partial charge in [-0.2, -0.15) is 0 Å². The van der Waals surface area contributed by atoms with Crippen LogP contribution in [0.2, 0.25) is 0 Å². The summed E-state index contributed by atoms with van der Waals surface area (Å²) in [6.45, 7) is 0.919. The minimum absolute atomic E-state index is 0. The van der Waals surface area contributed by atoms with Crippen molar-refractivity contribution in [1.29, 1.82) is 0 Å². The molecule has 0 aliphatic rings. The van der Waals surface area contributed by atoms with Crippen LogP contribution < -0.4 is 5.32 Å². The van der Waals surface area contributed by atoms with E-state index in [2.05, 4.69) is 10.3 Å². The fraction of sp³-hybridized carbons (Fsp3) is 0.286. The highest BCUT2D eigenvalue weighted by atomic mass is 35.5. The molecule has 1 rings (SSSR count). The van der Waals surface area contributed by atoms with Crippen molar-refractivity contribution in [3.05, 3.63) is 30.1 Å². The minimum Gasteiger partial charge on any atom is -0.316 e. The van der Waals surface area contributed by atoms with Crippen LogP contribution in [0.15, 0.2) is 24.5 Å². The van der Waals surface area contributed by atoms with Crippen molar-refractivity contribution in [3.8, 4) is 0 Å². The predicted octanol–water partition coefficient (Wildman–Crippen LogP) is 1.64. The van der Waals surface area contributed by atoms with Gasteiger partial charge in [0.15, 0.2) is 0 Å². The molecule has 0 saturated carbocycles. The first-order chi connectivity index (χ1) is 4.43. The van der Waals surface area contributed by atoms with Gasteiger partial charge in [-0.25, -0.2) is 0 Å². The summed E-state index contributed by atoms with van der Waals surface area (Å²) >= 11 is 0. The molecule has 1 aromatic rings. The van der Waals surface area contributed by atoms with Crippen molar-refractivity contribution in [1.82, 2.24) is 10.3 Å². The Bertz CT molecular complexity index is 167. The standard InChI is InChI=1S/C7H10N2.2ClH/c1-8-6-7-2-4-9-5-3-7;;/h2-5,8H,6H2,1H3;2*1H. The number of pyridine rings is 1. The third-order valence-corrected chi connectivity index (χ3v) is 1.13. The molecule has 0 amide bonds. The maximum Gasteiger partial charge on any atom is 0.0271 e. The Morgan fingerprint density at radius 3 is 2.27 bits per heavy atom. The molecule has 0 unspecified atom stereocenters. The summed E-state index contributed by atoms with van der Waals surface area (Å²) in [6.07, 6.45) is 3.60. The van der Waals surface area contributed by atoms with E-state index in [1.54, 1.807) is 12.4 Å². The molecule has 64 valence electrons. The van der Waals surface area contributed by atoms with E-state index in [1.807, 2.05) is 19.2 Å². The third-order valence-electron chi connectivity index (χ3n) is 1.13. The molecule has 0 aromatic carbocycles. The molecule has 1 N–H and O–H groups in total. The van der Waals surface area contributed by atoms with Gasteiger partial charge in [0.25, 0.3) is 0 Å². The number of hydrogen-bond acceptors (Lipinski definition) is 2. The Labute approximate surface area is 79.2 Å². The molecule has 1 heterocycles. The van der Waals surface area contributed by atoms with E-state index >= 15 is 0 Å². The first-order valence-corrected chi connectivity index (χ1v) is 2.97. The average Bonchev–Trinajstić information content (AvgIpc) is 1.91. The second-order valence-corrected chi connectivity index (χ2v) is 1.89. The van der Waals surface area contributed by atoms with Gasteiger partial charge in [0.1, 0.15) is 0 Å². The predicted molar refractivity (Wildman–Crippen MR) is 51.5 cm³/mol. The second kappa shape index (κ2) is 7.79. The smallest absolute Gasteiger partial charge is 0.0271 e. The number of nitrogens with zero attached hydrogens (tertiary/aromatic N) is 1. The van der Waals surface area contributed by atoms with Crippen molar-refractivity contribution in [2.75, 3.05) is 7.05 Å². The zero-order valence-corrected chi connectivity index (χ0v) is 7.91. The van der Waals surface area contributed by atoms with Crippen molar-refractivity contribution in [2.45, 2.75) is 6.54 Å². The Balaban J connectivity index is 0. The minimum atomic E-state index is 0. The molecule has 2 nitrogen and oxygen atoms in total. The number of rotatable bonds is 2. The summed E-state index contributed by atoms with van der Waals surface area (Å²) < 4.78 is 0. The SMILES string of the molecule is CNCc1ccncc1.Cl.Cl. The van der Waals surface area contributed by atoms with E-state index in [9.17, 15) is 0 Å². The maximum atomic E-state index is 3.90. The van der Waals surface area contributed by atoms with Gasteiger partial charge in [-0.15, -0.1) is 24.8 Å². The Kier molecular flexibility index (Phi) is 9.42. The van der Waals surface area contributed by atoms with Crippen LogP contribution >= 0.6 is 24.8 Å². The molecule has 0 radical (unpaired) electrons. The van der Waals surface area contributed by atoms with Crippen molar-refractivity contribution < 1.29 is 0 Å². The summed E-state index contributed by atoms with van der Waals surface area (Å²) in [5.74, 6) is 0. The zero-order valence-electron chi connectivity index (χ0n) is 6.28. The van der Waals surface area contributed by atoms with Crippen molar-refractivity contribution in [3.63, 3.8) is 0 Å². The molecule has 0 saturated heterocycles. The highest BCUT2D eigenvalue weighted by molar-refractivity contribution is 5.85. The average molecular weight is 195 g/mol. The van der Waals surface area contributed by atoms with Crippen molar-refractivity contribution >= 4 is 24.8 Å². The van der Waals surface area contributed by atoms with E-state index < -0.39 is 0 Å². The Morgan fingerprint density at radius 2 is 1.82 bits per heavy atom. The van der Waals surface area contributed by atoms with Gasteiger partial charge in [-0.05, 0) is 24.7 Å². The first kappa shape index (κ1) is 13.3. The van der Waals surface area contributed by atoms with Gasteiger partial charge in [-0.1, -0.05) is 0 Å². The summed E-state index contributed by atoms with van der Waals surface area (Å²) in [5.41, 5.74) is 1.27. The third kappa shape index (κ3) is 5.01. The summed E-state index contributed by atoms with van der Waals surface area (Å²) in [5, 5.41) is 3.06. The van der Waals surface area contributed by atoms with Crippen LogP contribution in [0, 0.1) is 0 Å². The van der Waals surface area contributed by atoms with Gasteiger partial charge in [0, 0.05) is 18.9 Å². The largest absolute Gasteiger partial charge is 0.316 e. The van der Waals surface area contributed by atoms with Crippen LogP contribution in [-0.4, -0.2) is 12.0 Å². The van der Waals surface area contributed by atoms with Gasteiger partial charge in [0.2, 0.25) is 0 Å². The molecule has 0 aliphatic carbocycles. The topological polar surface area (TPSA) is 24.9 Å². The molecule has 1 aromatic heterocycles. The molecule has 0 fully saturated rings. The Hall–Kier alpha value is -0.310. The Morgan fingerprint density at radius 1 is 1.27 bits per heavy atom. The fourth-order valence-corrected chi connectivity index (χ4v) is 0.705. The van der Waals surface area contributed by atoms with Gasteiger partial charge in [0.05, 0.1) is 0 Å². The highest BCUT2D eigenvalue weighted by Gasteiger charge is 1.84. The van der Waals surface area contributed by atoms with Crippen molar-refractivity contribution in [2.24, 2.45) is 0 Å². The zero-order chi connectivity index (χ0) is 6.53. The molecular formula is C7H12Cl2N2. The van der Waals surface area contributed by atoms with Crippen LogP contribution in [0.1, 0.15) is 5.56 Å². The monoisotopic (exact) mass is 194 g/mol.